The number of hydrogen-bond acceptors (Lipinski definition) is 2. The molecular weight excluding hydrogens is 368 g/mol. The first kappa shape index (κ1) is 15.4. The summed E-state index contributed by atoms with van der Waals surface area (Å²) in [5.74, 6) is -0.407. The van der Waals surface area contributed by atoms with Gasteiger partial charge in [0.25, 0.3) is 0 Å². The molecule has 0 saturated heterocycles. The third-order valence-corrected chi connectivity index (χ3v) is 3.88. The van der Waals surface area contributed by atoms with Gasteiger partial charge in [0, 0.05) is 10.0 Å². The highest BCUT2D eigenvalue weighted by Crippen LogP contribution is 2.37. The quantitative estimate of drug-likeness (QED) is 0.710. The van der Waals surface area contributed by atoms with E-state index in [1.165, 1.54) is 18.2 Å². The fourth-order valence-corrected chi connectivity index (χ4v) is 3.16. The summed E-state index contributed by atoms with van der Waals surface area (Å²) in [5.41, 5.74) is 0.966. The van der Waals surface area contributed by atoms with Crippen molar-refractivity contribution < 1.29 is 9.50 Å². The lowest BCUT2D eigenvalue weighted by atomic mass is 10.1. The van der Waals surface area contributed by atoms with Gasteiger partial charge >= 0.3 is 0 Å². The van der Waals surface area contributed by atoms with E-state index in [9.17, 15) is 9.50 Å². The fraction of sp³-hybridized carbons (Fsp3) is 0.143. The molecule has 0 aromatic heterocycles. The summed E-state index contributed by atoms with van der Waals surface area (Å²) in [6, 6.07) is 6.83. The monoisotopic (exact) mass is 377 g/mol. The van der Waals surface area contributed by atoms with Gasteiger partial charge in [0.2, 0.25) is 0 Å². The van der Waals surface area contributed by atoms with Gasteiger partial charge in [-0.25, -0.2) is 4.39 Å². The Labute approximate surface area is 134 Å². The number of phenolic OH excluding ortho intramolecular Hbond substituents is 1. The first-order chi connectivity index (χ1) is 9.38. The van der Waals surface area contributed by atoms with Gasteiger partial charge < -0.3 is 10.4 Å². The Kier molecular flexibility index (Phi) is 4.78. The predicted molar refractivity (Wildman–Crippen MR) is 84.3 cm³/mol. The lowest BCUT2D eigenvalue weighted by Gasteiger charge is -2.19. The van der Waals surface area contributed by atoms with E-state index >= 15 is 0 Å². The Bertz CT molecular complexity index is 628. The molecule has 1 atom stereocenters. The summed E-state index contributed by atoms with van der Waals surface area (Å²) in [7, 11) is 0. The average molecular weight is 379 g/mol. The fourth-order valence-electron chi connectivity index (χ4n) is 1.85. The summed E-state index contributed by atoms with van der Waals surface area (Å²) < 4.78 is 14.0. The Morgan fingerprint density at radius 1 is 1.20 bits per heavy atom. The molecule has 2 aromatic carbocycles. The van der Waals surface area contributed by atoms with Crippen molar-refractivity contribution >= 4 is 44.8 Å². The highest BCUT2D eigenvalue weighted by molar-refractivity contribution is 9.10. The van der Waals surface area contributed by atoms with Crippen molar-refractivity contribution in [1.29, 1.82) is 0 Å². The van der Waals surface area contributed by atoms with Gasteiger partial charge in [-0.15, -0.1) is 0 Å². The topological polar surface area (TPSA) is 32.3 Å². The standard InChI is InChI=1S/C14H11BrCl2FNO/c1-7(10-6-9(18)2-3-13(10)20)19-14-11(16)4-8(15)5-12(14)17/h2-7,19-20H,1H3. The van der Waals surface area contributed by atoms with Gasteiger partial charge in [-0.3, -0.25) is 0 Å². The normalized spacial score (nSPS) is 12.2. The van der Waals surface area contributed by atoms with Crippen LogP contribution < -0.4 is 5.32 Å². The Morgan fingerprint density at radius 3 is 2.40 bits per heavy atom. The molecule has 0 aliphatic carbocycles. The molecule has 2 aromatic rings. The number of benzene rings is 2. The number of phenols is 1. The number of halogens is 4. The van der Waals surface area contributed by atoms with Crippen LogP contribution >= 0.6 is 39.1 Å². The van der Waals surface area contributed by atoms with Crippen molar-refractivity contribution in [2.75, 3.05) is 5.32 Å². The van der Waals surface area contributed by atoms with Crippen LogP contribution in [0.5, 0.6) is 5.75 Å². The van der Waals surface area contributed by atoms with Crippen LogP contribution in [0.15, 0.2) is 34.8 Å². The summed E-state index contributed by atoms with van der Waals surface area (Å²) in [6.07, 6.45) is 0. The lowest BCUT2D eigenvalue weighted by molar-refractivity contribution is 0.462. The van der Waals surface area contributed by atoms with Crippen molar-refractivity contribution in [3.63, 3.8) is 0 Å². The second kappa shape index (κ2) is 6.20. The van der Waals surface area contributed by atoms with E-state index in [1.807, 2.05) is 0 Å². The van der Waals surface area contributed by atoms with Crippen molar-refractivity contribution in [1.82, 2.24) is 0 Å². The van der Waals surface area contributed by atoms with Crippen LogP contribution in [-0.4, -0.2) is 5.11 Å². The van der Waals surface area contributed by atoms with Crippen LogP contribution in [0, 0.1) is 5.82 Å². The predicted octanol–water partition coefficient (Wildman–Crippen LogP) is 5.77. The molecule has 0 bridgehead atoms. The number of anilines is 1. The summed E-state index contributed by atoms with van der Waals surface area (Å²) in [6.45, 7) is 1.78. The molecule has 20 heavy (non-hydrogen) atoms. The Hall–Kier alpha value is -0.970. The van der Waals surface area contributed by atoms with Crippen LogP contribution in [0.3, 0.4) is 0 Å². The van der Waals surface area contributed by atoms with Gasteiger partial charge in [0.15, 0.2) is 0 Å². The summed E-state index contributed by atoms with van der Waals surface area (Å²) in [5, 5.41) is 13.7. The zero-order valence-corrected chi connectivity index (χ0v) is 13.5. The molecule has 0 radical (unpaired) electrons. The average Bonchev–Trinajstić information content (AvgIpc) is 2.36. The van der Waals surface area contributed by atoms with Gasteiger partial charge in [-0.05, 0) is 37.3 Å². The van der Waals surface area contributed by atoms with E-state index < -0.39 is 5.82 Å². The highest BCUT2D eigenvalue weighted by Gasteiger charge is 2.15. The molecule has 0 aliphatic rings. The summed E-state index contributed by atoms with van der Waals surface area (Å²) >= 11 is 15.5. The van der Waals surface area contributed by atoms with Crippen molar-refractivity contribution in [3.05, 3.63) is 56.2 Å². The zero-order chi connectivity index (χ0) is 14.9. The van der Waals surface area contributed by atoms with Gasteiger partial charge in [-0.1, -0.05) is 39.1 Å². The van der Waals surface area contributed by atoms with Crippen molar-refractivity contribution in [2.45, 2.75) is 13.0 Å². The zero-order valence-electron chi connectivity index (χ0n) is 10.4. The van der Waals surface area contributed by atoms with Crippen LogP contribution in [0.4, 0.5) is 10.1 Å². The number of nitrogens with one attached hydrogen (secondary N) is 1. The van der Waals surface area contributed by atoms with Crippen molar-refractivity contribution in [2.24, 2.45) is 0 Å². The van der Waals surface area contributed by atoms with Gasteiger partial charge in [0.05, 0.1) is 21.8 Å². The first-order valence-electron chi connectivity index (χ1n) is 5.78. The third kappa shape index (κ3) is 3.37. The van der Waals surface area contributed by atoms with E-state index in [0.717, 1.165) is 4.47 Å². The van der Waals surface area contributed by atoms with E-state index in [4.69, 9.17) is 23.2 Å². The number of rotatable bonds is 3. The Morgan fingerprint density at radius 2 is 1.80 bits per heavy atom. The highest BCUT2D eigenvalue weighted by atomic mass is 79.9. The van der Waals surface area contributed by atoms with Crippen LogP contribution in [-0.2, 0) is 0 Å². The van der Waals surface area contributed by atoms with Crippen LogP contribution in [0.2, 0.25) is 10.0 Å². The molecule has 0 aliphatic heterocycles. The van der Waals surface area contributed by atoms with Crippen LogP contribution in [0.25, 0.3) is 0 Å². The number of aromatic hydroxyl groups is 1. The number of hydrogen-bond donors (Lipinski definition) is 2. The third-order valence-electron chi connectivity index (χ3n) is 2.82. The molecular formula is C14H11BrCl2FNO. The molecule has 0 heterocycles. The summed E-state index contributed by atoms with van der Waals surface area (Å²) in [4.78, 5) is 0. The molecule has 0 saturated carbocycles. The maximum absolute atomic E-state index is 13.3. The maximum atomic E-state index is 13.3. The Balaban J connectivity index is 2.32. The van der Waals surface area contributed by atoms with E-state index in [0.29, 0.717) is 21.3 Å². The second-order valence-electron chi connectivity index (χ2n) is 4.31. The minimum Gasteiger partial charge on any atom is -0.508 e. The largest absolute Gasteiger partial charge is 0.508 e. The van der Waals surface area contributed by atoms with E-state index in [2.05, 4.69) is 21.2 Å². The molecule has 0 fully saturated rings. The van der Waals surface area contributed by atoms with E-state index in [1.54, 1.807) is 19.1 Å². The van der Waals surface area contributed by atoms with Crippen LogP contribution in [0.1, 0.15) is 18.5 Å². The smallest absolute Gasteiger partial charge is 0.123 e. The molecule has 106 valence electrons. The minimum absolute atomic E-state index is 0.00996. The second-order valence-corrected chi connectivity index (χ2v) is 6.04. The minimum atomic E-state index is -0.417. The van der Waals surface area contributed by atoms with E-state index in [-0.39, 0.29) is 11.8 Å². The molecule has 2 nitrogen and oxygen atoms in total. The lowest BCUT2D eigenvalue weighted by Crippen LogP contribution is -2.08. The van der Waals surface area contributed by atoms with Gasteiger partial charge in [-0.2, -0.15) is 0 Å². The molecule has 2 N–H and O–H groups in total. The molecule has 0 spiro atoms. The molecule has 2 rings (SSSR count). The molecule has 6 heteroatoms. The molecule has 1 unspecified atom stereocenters. The SMILES string of the molecule is CC(Nc1c(Cl)cc(Br)cc1Cl)c1cc(F)ccc1O. The maximum Gasteiger partial charge on any atom is 0.123 e. The van der Waals surface area contributed by atoms with Crippen molar-refractivity contribution in [3.8, 4) is 5.75 Å². The first-order valence-corrected chi connectivity index (χ1v) is 7.33. The van der Waals surface area contributed by atoms with Gasteiger partial charge in [0.1, 0.15) is 11.6 Å². The molecule has 0 amide bonds.